The number of hydrogen-bond acceptors (Lipinski definition) is 3. The smallest absolute Gasteiger partial charge is 0.165 e. The van der Waals surface area contributed by atoms with Crippen molar-refractivity contribution < 1.29 is 11.6 Å². The monoisotopic (exact) mass is 215 g/mol. The highest BCUT2D eigenvalue weighted by atomic mass is 17.1. The number of unbranched alkanes of at least 4 members (excludes halogenated alkanes) is 3. The van der Waals surface area contributed by atoms with Crippen molar-refractivity contribution >= 4 is 0 Å². The van der Waals surface area contributed by atoms with E-state index in [1.807, 2.05) is 6.07 Å². The molecule has 0 amide bonds. The molecule has 1 aromatic carbocycles. The third-order valence-corrected chi connectivity index (χ3v) is 1.81. The molecule has 0 bridgehead atoms. The van der Waals surface area contributed by atoms with E-state index in [1.165, 1.54) is 25.7 Å². The highest BCUT2D eigenvalue weighted by Gasteiger charge is 1.82. The summed E-state index contributed by atoms with van der Waals surface area (Å²) in [6, 6.07) is 8.75. The maximum absolute atomic E-state index is 8.04. The van der Waals surface area contributed by atoms with E-state index in [2.05, 4.69) is 18.7 Å². The maximum atomic E-state index is 8.04. The molecule has 0 unspecified atom stereocenters. The normalized spacial score (nSPS) is 8.20. The van der Waals surface area contributed by atoms with Gasteiger partial charge in [0.25, 0.3) is 0 Å². The molecule has 0 saturated carbocycles. The Labute approximate surface area is 94.1 Å². The lowest BCUT2D eigenvalue weighted by atomic mass is 10.2. The van der Waals surface area contributed by atoms with Crippen LogP contribution in [0.15, 0.2) is 30.3 Å². The fourth-order valence-corrected chi connectivity index (χ4v) is 0.981. The van der Waals surface area contributed by atoms with Crippen LogP contribution in [-0.2, 0) is 0 Å². The van der Waals surface area contributed by atoms with Gasteiger partial charge in [0.1, 0.15) is 0 Å². The Bertz CT molecular complexity index is 203. The van der Waals surface area contributed by atoms with Gasteiger partial charge < -0.3 is 11.0 Å². The average Bonchev–Trinajstić information content (AvgIpc) is 2.28. The van der Waals surface area contributed by atoms with E-state index < -0.39 is 0 Å². The predicted molar refractivity (Wildman–Crippen MR) is 66.7 cm³/mol. The highest BCUT2D eigenvalue weighted by Crippen LogP contribution is 2.05. The Morgan fingerprint density at radius 3 is 1.80 bits per heavy atom. The van der Waals surface area contributed by atoms with E-state index in [0.29, 0.717) is 5.75 Å². The first-order valence-corrected chi connectivity index (χ1v) is 5.21. The van der Waals surface area contributed by atoms with Crippen LogP contribution in [0.5, 0.6) is 5.75 Å². The number of rotatable bonds is 4. The Morgan fingerprint density at radius 1 is 1.07 bits per heavy atom. The fraction of sp³-hybridized carbons (Fsp3) is 0.500. The van der Waals surface area contributed by atoms with Crippen molar-refractivity contribution in [3.05, 3.63) is 30.3 Å². The molecule has 0 heterocycles. The minimum Gasteiger partial charge on any atom is -0.344 e. The predicted octanol–water partition coefficient (Wildman–Crippen LogP) is 4.53. The zero-order valence-corrected chi connectivity index (χ0v) is 9.78. The Hall–Kier alpha value is -1.06. The highest BCUT2D eigenvalue weighted by molar-refractivity contribution is 5.19. The van der Waals surface area contributed by atoms with Crippen LogP contribution in [0.25, 0.3) is 0 Å². The molecular formula is C12H25NO2. The quantitative estimate of drug-likeness (QED) is 0.440. The summed E-state index contributed by atoms with van der Waals surface area (Å²) in [6.45, 7) is 4.46. The van der Waals surface area contributed by atoms with Gasteiger partial charge in [-0.05, 0) is 12.1 Å². The van der Waals surface area contributed by atoms with Crippen LogP contribution >= 0.6 is 0 Å². The van der Waals surface area contributed by atoms with Gasteiger partial charge in [-0.15, -0.1) is 0 Å². The molecule has 3 nitrogen and oxygen atoms in total. The van der Waals surface area contributed by atoms with Gasteiger partial charge in [0.15, 0.2) is 5.75 Å². The average molecular weight is 215 g/mol. The van der Waals surface area contributed by atoms with Crippen LogP contribution < -0.4 is 11.0 Å². The Morgan fingerprint density at radius 2 is 1.53 bits per heavy atom. The Kier molecular flexibility index (Phi) is 14.1. The molecule has 0 aromatic heterocycles. The van der Waals surface area contributed by atoms with Gasteiger partial charge >= 0.3 is 0 Å². The fourth-order valence-electron chi connectivity index (χ4n) is 0.981. The van der Waals surface area contributed by atoms with Gasteiger partial charge in [0.05, 0.1) is 0 Å². The van der Waals surface area contributed by atoms with Gasteiger partial charge in [-0.3, -0.25) is 0 Å². The summed E-state index contributed by atoms with van der Waals surface area (Å²) in [5, 5.41) is 8.04. The molecule has 15 heavy (non-hydrogen) atoms. The van der Waals surface area contributed by atoms with E-state index >= 15 is 0 Å². The number of para-hydroxylation sites is 1. The standard InChI is InChI=1S/C6H6O2.C6H14.H3N.H2/c7-8-6-4-2-1-3-5-6;1-3-5-6-4-2;;/h1-5,7H;3-6H2,1-2H3;1H3;1H. The molecule has 90 valence electrons. The van der Waals surface area contributed by atoms with Gasteiger partial charge in [0, 0.05) is 1.43 Å². The van der Waals surface area contributed by atoms with Gasteiger partial charge in [0.2, 0.25) is 0 Å². The zero-order valence-electron chi connectivity index (χ0n) is 9.78. The second kappa shape index (κ2) is 12.9. The van der Waals surface area contributed by atoms with Crippen LogP contribution in [0.4, 0.5) is 0 Å². The second-order valence-electron chi connectivity index (χ2n) is 3.11. The summed E-state index contributed by atoms with van der Waals surface area (Å²) >= 11 is 0. The molecule has 0 radical (unpaired) electrons. The summed E-state index contributed by atoms with van der Waals surface area (Å²) in [6.07, 6.45) is 5.54. The molecule has 3 heteroatoms. The molecule has 0 atom stereocenters. The summed E-state index contributed by atoms with van der Waals surface area (Å²) in [5.41, 5.74) is 0. The molecule has 1 aromatic rings. The third-order valence-electron chi connectivity index (χ3n) is 1.81. The van der Waals surface area contributed by atoms with E-state index in [0.717, 1.165) is 0 Å². The minimum absolute atomic E-state index is 0. The molecule has 0 aliphatic rings. The second-order valence-corrected chi connectivity index (χ2v) is 3.11. The number of benzene rings is 1. The summed E-state index contributed by atoms with van der Waals surface area (Å²) in [5.74, 6) is 0.465. The van der Waals surface area contributed by atoms with E-state index in [9.17, 15) is 0 Å². The number of hydrogen-bond donors (Lipinski definition) is 2. The Balaban J connectivity index is -0.000000195. The van der Waals surface area contributed by atoms with Crippen molar-refractivity contribution in [1.29, 1.82) is 0 Å². The van der Waals surface area contributed by atoms with Crippen LogP contribution in [0.3, 0.4) is 0 Å². The molecule has 1 rings (SSSR count). The van der Waals surface area contributed by atoms with Gasteiger partial charge in [-0.2, -0.15) is 0 Å². The van der Waals surface area contributed by atoms with Crippen LogP contribution in [0, 0.1) is 0 Å². The molecule has 0 aliphatic carbocycles. The minimum atomic E-state index is 0. The zero-order chi connectivity index (χ0) is 10.6. The van der Waals surface area contributed by atoms with Crippen LogP contribution in [-0.4, -0.2) is 5.26 Å². The lowest BCUT2D eigenvalue weighted by molar-refractivity contribution is -0.137. The lowest BCUT2D eigenvalue weighted by Gasteiger charge is -1.90. The first-order valence-electron chi connectivity index (χ1n) is 5.21. The molecule has 0 fully saturated rings. The maximum Gasteiger partial charge on any atom is 0.165 e. The van der Waals surface area contributed by atoms with Crippen molar-refractivity contribution in [3.8, 4) is 5.75 Å². The summed E-state index contributed by atoms with van der Waals surface area (Å²) in [4.78, 5) is 3.91. The molecule has 0 saturated heterocycles. The van der Waals surface area contributed by atoms with Crippen molar-refractivity contribution in [2.24, 2.45) is 0 Å². The molecule has 0 spiro atoms. The molecular weight excluding hydrogens is 190 g/mol. The molecule has 0 aliphatic heterocycles. The van der Waals surface area contributed by atoms with Crippen molar-refractivity contribution in [2.75, 3.05) is 0 Å². The largest absolute Gasteiger partial charge is 0.344 e. The van der Waals surface area contributed by atoms with Crippen LogP contribution in [0.2, 0.25) is 0 Å². The van der Waals surface area contributed by atoms with E-state index in [4.69, 9.17) is 5.26 Å². The van der Waals surface area contributed by atoms with Crippen molar-refractivity contribution in [1.82, 2.24) is 6.15 Å². The van der Waals surface area contributed by atoms with Gasteiger partial charge in [-0.1, -0.05) is 57.7 Å². The topological polar surface area (TPSA) is 64.5 Å². The van der Waals surface area contributed by atoms with Crippen molar-refractivity contribution in [2.45, 2.75) is 39.5 Å². The van der Waals surface area contributed by atoms with Crippen molar-refractivity contribution in [3.63, 3.8) is 0 Å². The van der Waals surface area contributed by atoms with Gasteiger partial charge in [-0.25, -0.2) is 5.26 Å². The SMILES string of the molecule is CCCCCC.N.OOc1ccccc1.[HH]. The lowest BCUT2D eigenvalue weighted by Crippen LogP contribution is -1.79. The summed E-state index contributed by atoms with van der Waals surface area (Å²) in [7, 11) is 0. The first-order chi connectivity index (χ1) is 6.85. The molecule has 4 N–H and O–H groups in total. The van der Waals surface area contributed by atoms with Crippen LogP contribution in [0.1, 0.15) is 41.0 Å². The summed E-state index contributed by atoms with van der Waals surface area (Å²) < 4.78 is 0. The first kappa shape index (κ1) is 16.4. The van der Waals surface area contributed by atoms with E-state index in [1.54, 1.807) is 24.3 Å². The third kappa shape index (κ3) is 10.9. The van der Waals surface area contributed by atoms with E-state index in [-0.39, 0.29) is 7.58 Å².